The van der Waals surface area contributed by atoms with Crippen molar-refractivity contribution in [1.82, 2.24) is 4.98 Å². The van der Waals surface area contributed by atoms with E-state index in [1.807, 2.05) is 13.0 Å². The van der Waals surface area contributed by atoms with Crippen LogP contribution in [-0.4, -0.2) is 10.5 Å². The molecule has 3 rings (SSSR count). The largest absolute Gasteiger partial charge is 0.441 e. The van der Waals surface area contributed by atoms with Gasteiger partial charge in [0.1, 0.15) is 5.52 Å². The predicted octanol–water partition coefficient (Wildman–Crippen LogP) is 3.41. The van der Waals surface area contributed by atoms with Gasteiger partial charge in [0.25, 0.3) is 0 Å². The number of rotatable bonds is 2. The van der Waals surface area contributed by atoms with Crippen molar-refractivity contribution in [1.29, 1.82) is 0 Å². The number of hydrogen-bond donors (Lipinski definition) is 1. The minimum atomic E-state index is 0.271. The third kappa shape index (κ3) is 1.56. The van der Waals surface area contributed by atoms with Crippen LogP contribution in [0, 0.1) is 13.8 Å². The normalized spacial score (nSPS) is 17.7. The molecule has 2 aromatic rings. The zero-order valence-electron chi connectivity index (χ0n) is 9.92. The fourth-order valence-corrected chi connectivity index (χ4v) is 2.01. The quantitative estimate of drug-likeness (QED) is 0.836. The summed E-state index contributed by atoms with van der Waals surface area (Å²) in [5, 5.41) is 3.57. The monoisotopic (exact) mass is 216 g/mol. The van der Waals surface area contributed by atoms with Crippen LogP contribution in [0.1, 0.15) is 31.2 Å². The number of nitrogens with one attached hydrogen (secondary N) is 1. The number of anilines is 1. The summed E-state index contributed by atoms with van der Waals surface area (Å²) in [5.41, 5.74) is 4.41. The minimum absolute atomic E-state index is 0.271. The lowest BCUT2D eigenvalue weighted by Gasteiger charge is -2.13. The molecule has 0 unspecified atom stereocenters. The van der Waals surface area contributed by atoms with E-state index in [0.29, 0.717) is 0 Å². The van der Waals surface area contributed by atoms with Gasteiger partial charge in [0.05, 0.1) is 5.69 Å². The summed E-state index contributed by atoms with van der Waals surface area (Å²) < 4.78 is 5.57. The van der Waals surface area contributed by atoms with E-state index < -0.39 is 0 Å². The molecule has 0 bridgehead atoms. The highest BCUT2D eigenvalue weighted by atomic mass is 16.3. The molecule has 0 saturated heterocycles. The summed E-state index contributed by atoms with van der Waals surface area (Å²) >= 11 is 0. The van der Waals surface area contributed by atoms with Crippen molar-refractivity contribution in [3.05, 3.63) is 23.6 Å². The smallest absolute Gasteiger partial charge is 0.192 e. The van der Waals surface area contributed by atoms with E-state index >= 15 is 0 Å². The Hall–Kier alpha value is -1.51. The van der Waals surface area contributed by atoms with Crippen molar-refractivity contribution >= 4 is 16.8 Å². The van der Waals surface area contributed by atoms with Gasteiger partial charge in [-0.25, -0.2) is 4.98 Å². The number of aryl methyl sites for hydroxylation is 2. The number of fused-ring (bicyclic) bond motifs is 1. The summed E-state index contributed by atoms with van der Waals surface area (Å²) in [7, 11) is 0. The van der Waals surface area contributed by atoms with Gasteiger partial charge in [-0.1, -0.05) is 0 Å². The van der Waals surface area contributed by atoms with Crippen molar-refractivity contribution in [2.45, 2.75) is 39.2 Å². The van der Waals surface area contributed by atoms with Crippen LogP contribution in [0.4, 0.5) is 5.69 Å². The third-order valence-electron chi connectivity index (χ3n) is 3.18. The molecule has 1 heterocycles. The molecule has 0 aliphatic heterocycles. The summed E-state index contributed by atoms with van der Waals surface area (Å²) in [6, 6.07) is 4.18. The van der Waals surface area contributed by atoms with E-state index in [0.717, 1.165) is 22.7 Å². The molecular formula is C13H16N2O. The van der Waals surface area contributed by atoms with Crippen LogP contribution in [0.15, 0.2) is 16.5 Å². The second kappa shape index (κ2) is 3.00. The molecular weight excluding hydrogens is 200 g/mol. The number of oxazole rings is 1. The first-order chi connectivity index (χ1) is 7.56. The maximum atomic E-state index is 5.57. The fraction of sp³-hybridized carbons (Fsp3) is 0.462. The van der Waals surface area contributed by atoms with Crippen LogP contribution < -0.4 is 5.32 Å². The fourth-order valence-electron chi connectivity index (χ4n) is 2.01. The molecule has 1 aromatic carbocycles. The Morgan fingerprint density at radius 3 is 2.75 bits per heavy atom. The zero-order chi connectivity index (χ0) is 11.3. The summed E-state index contributed by atoms with van der Waals surface area (Å²) in [5.74, 6) is 0.726. The molecule has 0 amide bonds. The lowest BCUT2D eigenvalue weighted by molar-refractivity contribution is 0.561. The first kappa shape index (κ1) is 9.70. The average molecular weight is 216 g/mol. The SMILES string of the molecule is Cc1cc(NC2(C)CC2)c2nc(C)oc2c1. The number of hydrogen-bond acceptors (Lipinski definition) is 3. The van der Waals surface area contributed by atoms with Crippen molar-refractivity contribution in [2.24, 2.45) is 0 Å². The summed E-state index contributed by atoms with van der Waals surface area (Å²) in [6.07, 6.45) is 2.47. The van der Waals surface area contributed by atoms with E-state index in [9.17, 15) is 0 Å². The van der Waals surface area contributed by atoms with Gasteiger partial charge in [0, 0.05) is 12.5 Å². The predicted molar refractivity (Wildman–Crippen MR) is 64.7 cm³/mol. The van der Waals surface area contributed by atoms with Crippen LogP contribution in [-0.2, 0) is 0 Å². The van der Waals surface area contributed by atoms with Crippen LogP contribution in [0.2, 0.25) is 0 Å². The van der Waals surface area contributed by atoms with Crippen molar-refractivity contribution in [3.63, 3.8) is 0 Å². The Kier molecular flexibility index (Phi) is 1.82. The topological polar surface area (TPSA) is 38.1 Å². The molecule has 1 saturated carbocycles. The molecule has 1 aliphatic carbocycles. The van der Waals surface area contributed by atoms with Gasteiger partial charge in [-0.3, -0.25) is 0 Å². The Balaban J connectivity index is 2.13. The van der Waals surface area contributed by atoms with Gasteiger partial charge in [-0.05, 0) is 44.4 Å². The molecule has 1 fully saturated rings. The Morgan fingerprint density at radius 1 is 1.31 bits per heavy atom. The summed E-state index contributed by atoms with van der Waals surface area (Å²) in [4.78, 5) is 4.44. The Bertz CT molecular complexity index is 552. The average Bonchev–Trinajstić information content (AvgIpc) is 2.76. The molecule has 1 aromatic heterocycles. The molecule has 1 N–H and O–H groups in total. The molecule has 1 aliphatic rings. The highest BCUT2D eigenvalue weighted by molar-refractivity contribution is 5.88. The van der Waals surface area contributed by atoms with Gasteiger partial charge < -0.3 is 9.73 Å². The first-order valence-corrected chi connectivity index (χ1v) is 5.72. The number of benzene rings is 1. The van der Waals surface area contributed by atoms with E-state index in [4.69, 9.17) is 4.42 Å². The Morgan fingerprint density at radius 2 is 2.06 bits per heavy atom. The number of nitrogens with zero attached hydrogens (tertiary/aromatic N) is 1. The second-order valence-electron chi connectivity index (χ2n) is 5.08. The lowest BCUT2D eigenvalue weighted by Crippen LogP contribution is -2.16. The molecule has 0 spiro atoms. The maximum absolute atomic E-state index is 5.57. The maximum Gasteiger partial charge on any atom is 0.192 e. The van der Waals surface area contributed by atoms with Crippen LogP contribution in [0.3, 0.4) is 0 Å². The van der Waals surface area contributed by atoms with Crippen molar-refractivity contribution in [2.75, 3.05) is 5.32 Å². The second-order valence-corrected chi connectivity index (χ2v) is 5.08. The van der Waals surface area contributed by atoms with E-state index in [1.54, 1.807) is 0 Å². The van der Waals surface area contributed by atoms with Gasteiger partial charge in [-0.2, -0.15) is 0 Å². The molecule has 16 heavy (non-hydrogen) atoms. The van der Waals surface area contributed by atoms with Crippen LogP contribution in [0.25, 0.3) is 11.1 Å². The van der Waals surface area contributed by atoms with Gasteiger partial charge in [0.15, 0.2) is 11.5 Å². The van der Waals surface area contributed by atoms with Crippen LogP contribution >= 0.6 is 0 Å². The lowest BCUT2D eigenvalue weighted by atomic mass is 10.1. The van der Waals surface area contributed by atoms with Gasteiger partial charge in [-0.15, -0.1) is 0 Å². The number of aromatic nitrogens is 1. The Labute approximate surface area is 94.9 Å². The van der Waals surface area contributed by atoms with E-state index in [-0.39, 0.29) is 5.54 Å². The van der Waals surface area contributed by atoms with Gasteiger partial charge >= 0.3 is 0 Å². The molecule has 84 valence electrons. The van der Waals surface area contributed by atoms with Crippen molar-refractivity contribution < 1.29 is 4.42 Å². The molecule has 3 heteroatoms. The molecule has 0 radical (unpaired) electrons. The highest BCUT2D eigenvalue weighted by Crippen LogP contribution is 2.40. The third-order valence-corrected chi connectivity index (χ3v) is 3.18. The standard InChI is InChI=1S/C13H16N2O/c1-8-6-10(15-13(3)4-5-13)12-11(7-8)16-9(2)14-12/h6-7,15H,4-5H2,1-3H3. The molecule has 0 atom stereocenters. The minimum Gasteiger partial charge on any atom is -0.441 e. The first-order valence-electron chi connectivity index (χ1n) is 5.72. The van der Waals surface area contributed by atoms with E-state index in [1.165, 1.54) is 18.4 Å². The van der Waals surface area contributed by atoms with Gasteiger partial charge in [0.2, 0.25) is 0 Å². The van der Waals surface area contributed by atoms with Crippen LogP contribution in [0.5, 0.6) is 0 Å². The summed E-state index contributed by atoms with van der Waals surface area (Å²) in [6.45, 7) is 6.21. The van der Waals surface area contributed by atoms with E-state index in [2.05, 4.69) is 30.2 Å². The molecule has 3 nitrogen and oxygen atoms in total. The zero-order valence-corrected chi connectivity index (χ0v) is 9.92. The van der Waals surface area contributed by atoms with Crippen molar-refractivity contribution in [3.8, 4) is 0 Å². The highest BCUT2D eigenvalue weighted by Gasteiger charge is 2.37.